The van der Waals surface area contributed by atoms with Crippen LogP contribution in [0.15, 0.2) is 78.4 Å². The highest BCUT2D eigenvalue weighted by molar-refractivity contribution is 6.30. The van der Waals surface area contributed by atoms with E-state index in [0.717, 1.165) is 40.2 Å². The van der Waals surface area contributed by atoms with E-state index in [4.69, 9.17) is 9.47 Å². The monoisotopic (exact) mass is 596 g/mol. The standard InChI is InChI=1S/C35H36N2O7/c1-4-5-6-7-8-9-10-31(38)43-28-21-17-26(18-22-28)25-13-15-27(16-14-25)34(41)44-29-19-11-24(12-20-29)23-30-32(39)36(2)35(42)37(3)33(30)40/h11-23H,4-10H2,1-3H3. The van der Waals surface area contributed by atoms with Crippen molar-refractivity contribution < 1.29 is 33.4 Å². The van der Waals surface area contributed by atoms with Crippen LogP contribution in [0.25, 0.3) is 17.2 Å². The summed E-state index contributed by atoms with van der Waals surface area (Å²) >= 11 is 0. The minimum absolute atomic E-state index is 0.140. The molecule has 9 nitrogen and oxygen atoms in total. The van der Waals surface area contributed by atoms with Crippen LogP contribution in [0.2, 0.25) is 0 Å². The van der Waals surface area contributed by atoms with Crippen LogP contribution in [-0.2, 0) is 14.4 Å². The van der Waals surface area contributed by atoms with E-state index in [9.17, 15) is 24.0 Å². The quantitative estimate of drug-likeness (QED) is 0.0756. The molecule has 1 aliphatic heterocycles. The second-order valence-electron chi connectivity index (χ2n) is 10.6. The van der Waals surface area contributed by atoms with Crippen LogP contribution in [-0.4, -0.2) is 53.7 Å². The van der Waals surface area contributed by atoms with Crippen LogP contribution in [0.5, 0.6) is 11.5 Å². The van der Waals surface area contributed by atoms with Gasteiger partial charge in [-0.05, 0) is 65.6 Å². The van der Waals surface area contributed by atoms with Crippen molar-refractivity contribution in [1.82, 2.24) is 9.80 Å². The van der Waals surface area contributed by atoms with Crippen molar-refractivity contribution >= 4 is 35.9 Å². The van der Waals surface area contributed by atoms with E-state index in [1.165, 1.54) is 39.4 Å². The molecule has 3 aromatic carbocycles. The molecule has 0 aromatic heterocycles. The molecule has 0 radical (unpaired) electrons. The van der Waals surface area contributed by atoms with E-state index >= 15 is 0 Å². The average Bonchev–Trinajstić information content (AvgIpc) is 3.04. The summed E-state index contributed by atoms with van der Waals surface area (Å²) in [6.45, 7) is 2.18. The predicted molar refractivity (Wildman–Crippen MR) is 166 cm³/mol. The predicted octanol–water partition coefficient (Wildman–Crippen LogP) is 6.66. The number of imide groups is 2. The third-order valence-corrected chi connectivity index (χ3v) is 7.32. The number of nitrogens with zero attached hydrogens (tertiary/aromatic N) is 2. The van der Waals surface area contributed by atoms with Gasteiger partial charge in [0.25, 0.3) is 11.8 Å². The maximum absolute atomic E-state index is 12.7. The van der Waals surface area contributed by atoms with Crippen molar-refractivity contribution in [3.8, 4) is 22.6 Å². The molecule has 0 bridgehead atoms. The Morgan fingerprint density at radius 2 is 1.16 bits per heavy atom. The number of ether oxygens (including phenoxy) is 2. The molecule has 1 aliphatic rings. The van der Waals surface area contributed by atoms with E-state index in [1.807, 2.05) is 24.3 Å². The minimum atomic E-state index is -0.693. The Morgan fingerprint density at radius 3 is 1.75 bits per heavy atom. The highest BCUT2D eigenvalue weighted by Gasteiger charge is 2.37. The number of rotatable bonds is 12. The molecule has 0 aliphatic carbocycles. The van der Waals surface area contributed by atoms with Gasteiger partial charge < -0.3 is 9.47 Å². The summed E-state index contributed by atoms with van der Waals surface area (Å²) in [5.74, 6) is -1.36. The first-order chi connectivity index (χ1) is 21.2. The summed E-state index contributed by atoms with van der Waals surface area (Å²) < 4.78 is 10.9. The van der Waals surface area contributed by atoms with Gasteiger partial charge in [-0.15, -0.1) is 0 Å². The number of esters is 2. The summed E-state index contributed by atoms with van der Waals surface area (Å²) in [6, 6.07) is 19.8. The van der Waals surface area contributed by atoms with Gasteiger partial charge in [-0.2, -0.15) is 0 Å². The zero-order chi connectivity index (χ0) is 31.6. The lowest BCUT2D eigenvalue weighted by Crippen LogP contribution is -2.52. The fraction of sp³-hybridized carbons (Fsp3) is 0.286. The zero-order valence-electron chi connectivity index (χ0n) is 25.2. The molecule has 4 rings (SSSR count). The van der Waals surface area contributed by atoms with E-state index in [-0.39, 0.29) is 17.3 Å². The van der Waals surface area contributed by atoms with Crippen molar-refractivity contribution in [3.05, 3.63) is 89.5 Å². The van der Waals surface area contributed by atoms with Gasteiger partial charge in [0.15, 0.2) is 0 Å². The molecule has 44 heavy (non-hydrogen) atoms. The normalized spacial score (nSPS) is 13.2. The van der Waals surface area contributed by atoms with Crippen LogP contribution in [0.3, 0.4) is 0 Å². The van der Waals surface area contributed by atoms with Gasteiger partial charge in [0, 0.05) is 20.5 Å². The maximum atomic E-state index is 12.7. The Hall–Kier alpha value is -5.05. The summed E-state index contributed by atoms with van der Waals surface area (Å²) in [5, 5.41) is 0. The molecule has 3 aromatic rings. The second kappa shape index (κ2) is 14.9. The third kappa shape index (κ3) is 8.06. The lowest BCUT2D eigenvalue weighted by Gasteiger charge is -2.28. The highest BCUT2D eigenvalue weighted by Crippen LogP contribution is 2.25. The Bertz CT molecular complexity index is 1520. The molecular formula is C35H36N2O7. The molecule has 228 valence electrons. The second-order valence-corrected chi connectivity index (χ2v) is 10.6. The molecule has 0 atom stereocenters. The van der Waals surface area contributed by atoms with Crippen LogP contribution >= 0.6 is 0 Å². The SMILES string of the molecule is CCCCCCCCC(=O)Oc1ccc(-c2ccc(C(=O)Oc3ccc(C=C4C(=O)N(C)C(=O)N(C)C4=O)cc3)cc2)cc1. The van der Waals surface area contributed by atoms with Crippen molar-refractivity contribution in [1.29, 1.82) is 0 Å². The van der Waals surface area contributed by atoms with Crippen molar-refractivity contribution in [3.63, 3.8) is 0 Å². The van der Waals surface area contributed by atoms with Gasteiger partial charge in [0.1, 0.15) is 17.1 Å². The Balaban J connectivity index is 1.30. The smallest absolute Gasteiger partial charge is 0.343 e. The number of benzene rings is 3. The zero-order valence-corrected chi connectivity index (χ0v) is 25.2. The van der Waals surface area contributed by atoms with E-state index < -0.39 is 23.8 Å². The maximum Gasteiger partial charge on any atom is 0.343 e. The summed E-state index contributed by atoms with van der Waals surface area (Å²) in [6.07, 6.45) is 8.46. The molecule has 0 unspecified atom stereocenters. The van der Waals surface area contributed by atoms with Crippen LogP contribution in [0.4, 0.5) is 4.79 Å². The van der Waals surface area contributed by atoms with Gasteiger partial charge in [0.2, 0.25) is 0 Å². The number of carbonyl (C=O) groups is 5. The van der Waals surface area contributed by atoms with E-state index in [1.54, 1.807) is 48.5 Å². The number of urea groups is 1. The third-order valence-electron chi connectivity index (χ3n) is 7.32. The molecule has 0 saturated carbocycles. The summed E-state index contributed by atoms with van der Waals surface area (Å²) in [7, 11) is 2.62. The number of hydrogen-bond donors (Lipinski definition) is 0. The van der Waals surface area contributed by atoms with Gasteiger partial charge >= 0.3 is 18.0 Å². The number of barbiturate groups is 1. The highest BCUT2D eigenvalue weighted by atomic mass is 16.5. The fourth-order valence-electron chi connectivity index (χ4n) is 4.69. The number of likely N-dealkylation sites (N-methyl/N-ethyl adjacent to an activating group) is 2. The van der Waals surface area contributed by atoms with Gasteiger partial charge in [-0.3, -0.25) is 24.2 Å². The first kappa shape index (κ1) is 31.9. The number of amides is 4. The number of unbranched alkanes of at least 4 members (excludes halogenated alkanes) is 5. The Kier molecular flexibility index (Phi) is 10.8. The lowest BCUT2D eigenvalue weighted by molar-refractivity contribution is -0.135. The molecule has 9 heteroatoms. The molecule has 1 fully saturated rings. The van der Waals surface area contributed by atoms with Crippen molar-refractivity contribution in [2.45, 2.75) is 51.9 Å². The largest absolute Gasteiger partial charge is 0.427 e. The molecule has 0 N–H and O–H groups in total. The topological polar surface area (TPSA) is 110 Å². The van der Waals surface area contributed by atoms with E-state index in [2.05, 4.69) is 6.92 Å². The molecule has 1 heterocycles. The summed E-state index contributed by atoms with van der Waals surface area (Å²) in [5.41, 5.74) is 2.53. The first-order valence-electron chi connectivity index (χ1n) is 14.7. The van der Waals surface area contributed by atoms with Crippen LogP contribution < -0.4 is 9.47 Å². The summed E-state index contributed by atoms with van der Waals surface area (Å²) in [4.78, 5) is 63.3. The molecule has 0 spiro atoms. The first-order valence-corrected chi connectivity index (χ1v) is 14.7. The van der Waals surface area contributed by atoms with Crippen molar-refractivity contribution in [2.75, 3.05) is 14.1 Å². The Morgan fingerprint density at radius 1 is 0.659 bits per heavy atom. The van der Waals surface area contributed by atoms with Gasteiger partial charge in [0.05, 0.1) is 5.56 Å². The number of hydrogen-bond acceptors (Lipinski definition) is 7. The molecule has 4 amide bonds. The average molecular weight is 597 g/mol. The van der Waals surface area contributed by atoms with Crippen molar-refractivity contribution in [2.24, 2.45) is 0 Å². The minimum Gasteiger partial charge on any atom is -0.427 e. The van der Waals surface area contributed by atoms with Crippen LogP contribution in [0, 0.1) is 0 Å². The Labute approximate surface area is 257 Å². The number of carbonyl (C=O) groups excluding carboxylic acids is 5. The molecular weight excluding hydrogens is 560 g/mol. The van der Waals surface area contributed by atoms with Gasteiger partial charge in [-0.1, -0.05) is 75.4 Å². The van der Waals surface area contributed by atoms with E-state index in [0.29, 0.717) is 23.3 Å². The van der Waals surface area contributed by atoms with Gasteiger partial charge in [-0.25, -0.2) is 9.59 Å². The lowest BCUT2D eigenvalue weighted by atomic mass is 10.0. The molecule has 1 saturated heterocycles. The van der Waals surface area contributed by atoms with Crippen LogP contribution in [0.1, 0.15) is 67.8 Å². The fourth-order valence-corrected chi connectivity index (χ4v) is 4.69.